The third-order valence-corrected chi connectivity index (χ3v) is 4.94. The van der Waals surface area contributed by atoms with E-state index in [0.717, 1.165) is 40.5 Å². The standard InChI is InChI=1S/C29H28N2O3/c1-3-9-24(10-4-1)23-34-28-17-15-27(16-18-28)32-19-8-20-33-29-14-7-11-25(21-29)22-30-31-26-12-5-2-6-13-26/h1-7,9-18,21-22,31H,8,19-20,23H2. The van der Waals surface area contributed by atoms with Crippen LogP contribution in [0.2, 0.25) is 0 Å². The number of nitrogens with zero attached hydrogens (tertiary/aromatic N) is 1. The molecule has 5 heteroatoms. The molecule has 0 fully saturated rings. The fourth-order valence-corrected chi connectivity index (χ4v) is 3.19. The van der Waals surface area contributed by atoms with Gasteiger partial charge in [0, 0.05) is 6.42 Å². The van der Waals surface area contributed by atoms with Crippen LogP contribution in [0.1, 0.15) is 17.5 Å². The predicted molar refractivity (Wildman–Crippen MR) is 137 cm³/mol. The number of hydrogen-bond donors (Lipinski definition) is 1. The van der Waals surface area contributed by atoms with Crippen LogP contribution in [-0.2, 0) is 6.61 Å². The Kier molecular flexibility index (Phi) is 8.56. The Labute approximate surface area is 200 Å². The van der Waals surface area contributed by atoms with Gasteiger partial charge < -0.3 is 14.2 Å². The average Bonchev–Trinajstić information content (AvgIpc) is 2.89. The number of hydrogen-bond acceptors (Lipinski definition) is 5. The van der Waals surface area contributed by atoms with E-state index in [1.54, 1.807) is 6.21 Å². The van der Waals surface area contributed by atoms with Gasteiger partial charge in [0.2, 0.25) is 0 Å². The van der Waals surface area contributed by atoms with Crippen molar-refractivity contribution in [1.29, 1.82) is 0 Å². The molecule has 34 heavy (non-hydrogen) atoms. The fraction of sp³-hybridized carbons (Fsp3) is 0.138. The first kappa shape index (κ1) is 22.9. The number of rotatable bonds is 12. The highest BCUT2D eigenvalue weighted by atomic mass is 16.5. The second-order valence-corrected chi connectivity index (χ2v) is 7.60. The normalized spacial score (nSPS) is 10.7. The van der Waals surface area contributed by atoms with Crippen molar-refractivity contribution in [1.82, 2.24) is 0 Å². The lowest BCUT2D eigenvalue weighted by Crippen LogP contribution is -2.05. The van der Waals surface area contributed by atoms with Crippen molar-refractivity contribution >= 4 is 11.9 Å². The van der Waals surface area contributed by atoms with Gasteiger partial charge in [-0.3, -0.25) is 5.43 Å². The van der Waals surface area contributed by atoms with Gasteiger partial charge in [-0.25, -0.2) is 0 Å². The van der Waals surface area contributed by atoms with E-state index >= 15 is 0 Å². The fourth-order valence-electron chi connectivity index (χ4n) is 3.19. The number of hydrazone groups is 1. The summed E-state index contributed by atoms with van der Waals surface area (Å²) in [4.78, 5) is 0. The Balaban J connectivity index is 1.14. The van der Waals surface area contributed by atoms with E-state index in [9.17, 15) is 0 Å². The maximum atomic E-state index is 5.86. The molecular formula is C29H28N2O3. The zero-order valence-corrected chi connectivity index (χ0v) is 19.0. The van der Waals surface area contributed by atoms with Gasteiger partial charge in [0.05, 0.1) is 25.1 Å². The van der Waals surface area contributed by atoms with E-state index in [2.05, 4.69) is 10.5 Å². The van der Waals surface area contributed by atoms with Crippen molar-refractivity contribution in [2.45, 2.75) is 13.0 Å². The largest absolute Gasteiger partial charge is 0.493 e. The van der Waals surface area contributed by atoms with Crippen molar-refractivity contribution in [3.8, 4) is 17.2 Å². The summed E-state index contributed by atoms with van der Waals surface area (Å²) in [7, 11) is 0. The molecule has 1 N–H and O–H groups in total. The monoisotopic (exact) mass is 452 g/mol. The van der Waals surface area contributed by atoms with Gasteiger partial charge >= 0.3 is 0 Å². The van der Waals surface area contributed by atoms with Crippen molar-refractivity contribution in [2.24, 2.45) is 5.10 Å². The van der Waals surface area contributed by atoms with E-state index in [4.69, 9.17) is 14.2 Å². The average molecular weight is 453 g/mol. The molecule has 0 spiro atoms. The molecule has 4 aromatic carbocycles. The molecule has 0 radical (unpaired) electrons. The molecule has 5 nitrogen and oxygen atoms in total. The second-order valence-electron chi connectivity index (χ2n) is 7.60. The summed E-state index contributed by atoms with van der Waals surface area (Å²) in [6, 6.07) is 35.5. The molecule has 0 amide bonds. The third-order valence-electron chi connectivity index (χ3n) is 4.94. The van der Waals surface area contributed by atoms with E-state index in [0.29, 0.717) is 19.8 Å². The summed E-state index contributed by atoms with van der Waals surface area (Å²) < 4.78 is 17.5. The predicted octanol–water partition coefficient (Wildman–Crippen LogP) is 6.56. The minimum atomic E-state index is 0.551. The maximum absolute atomic E-state index is 5.86. The summed E-state index contributed by atoms with van der Waals surface area (Å²) in [6.07, 6.45) is 2.55. The van der Waals surface area contributed by atoms with Crippen LogP contribution in [-0.4, -0.2) is 19.4 Å². The smallest absolute Gasteiger partial charge is 0.120 e. The van der Waals surface area contributed by atoms with Crippen LogP contribution in [0, 0.1) is 0 Å². The van der Waals surface area contributed by atoms with Crippen LogP contribution < -0.4 is 19.6 Å². The maximum Gasteiger partial charge on any atom is 0.120 e. The molecule has 4 aromatic rings. The van der Waals surface area contributed by atoms with Crippen molar-refractivity contribution in [3.05, 3.63) is 120 Å². The first-order valence-electron chi connectivity index (χ1n) is 11.3. The lowest BCUT2D eigenvalue weighted by atomic mass is 10.2. The third kappa shape index (κ3) is 7.71. The zero-order chi connectivity index (χ0) is 23.3. The number of anilines is 1. The van der Waals surface area contributed by atoms with Gasteiger partial charge in [0.1, 0.15) is 23.9 Å². The van der Waals surface area contributed by atoms with Crippen molar-refractivity contribution in [3.63, 3.8) is 0 Å². The molecule has 0 aliphatic rings. The molecule has 0 bridgehead atoms. The first-order valence-corrected chi connectivity index (χ1v) is 11.3. The molecule has 172 valence electrons. The van der Waals surface area contributed by atoms with Crippen molar-refractivity contribution in [2.75, 3.05) is 18.6 Å². The van der Waals surface area contributed by atoms with E-state index < -0.39 is 0 Å². The Morgan fingerprint density at radius 1 is 0.618 bits per heavy atom. The van der Waals surface area contributed by atoms with E-state index in [-0.39, 0.29) is 0 Å². The van der Waals surface area contributed by atoms with Gasteiger partial charge in [-0.2, -0.15) is 5.10 Å². The highest BCUT2D eigenvalue weighted by molar-refractivity contribution is 5.80. The van der Waals surface area contributed by atoms with Crippen LogP contribution in [0.25, 0.3) is 0 Å². The summed E-state index contributed by atoms with van der Waals surface area (Å²) in [5.74, 6) is 2.45. The quantitative estimate of drug-likeness (QED) is 0.150. The molecule has 0 aliphatic heterocycles. The first-order chi connectivity index (χ1) is 16.8. The van der Waals surface area contributed by atoms with Gasteiger partial charge in [-0.05, 0) is 59.7 Å². The summed E-state index contributed by atoms with van der Waals surface area (Å²) in [6.45, 7) is 1.70. The van der Waals surface area contributed by atoms with Gasteiger partial charge in [-0.15, -0.1) is 0 Å². The SMILES string of the molecule is C(=NNc1ccccc1)c1cccc(OCCCOc2ccc(OCc3ccccc3)cc2)c1. The Hall–Kier alpha value is -4.25. The molecule has 0 atom stereocenters. The van der Waals surface area contributed by atoms with Crippen LogP contribution in [0.3, 0.4) is 0 Å². The Bertz CT molecular complexity index is 1150. The molecule has 0 unspecified atom stereocenters. The summed E-state index contributed by atoms with van der Waals surface area (Å²) >= 11 is 0. The van der Waals surface area contributed by atoms with Gasteiger partial charge in [-0.1, -0.05) is 60.7 Å². The van der Waals surface area contributed by atoms with Gasteiger partial charge in [0.15, 0.2) is 0 Å². The number of benzene rings is 4. The summed E-state index contributed by atoms with van der Waals surface area (Å²) in [5.41, 5.74) is 6.06. The molecule has 0 aliphatic carbocycles. The second kappa shape index (κ2) is 12.7. The number of nitrogens with one attached hydrogen (secondary N) is 1. The summed E-state index contributed by atoms with van der Waals surface area (Å²) in [5, 5.41) is 4.27. The molecule has 4 rings (SSSR count). The molecule has 0 saturated heterocycles. The Morgan fingerprint density at radius 2 is 1.26 bits per heavy atom. The lowest BCUT2D eigenvalue weighted by Gasteiger charge is -2.10. The van der Waals surface area contributed by atoms with Crippen LogP contribution in [0.4, 0.5) is 5.69 Å². The number of ether oxygens (including phenoxy) is 3. The topological polar surface area (TPSA) is 52.1 Å². The number of para-hydroxylation sites is 1. The minimum absolute atomic E-state index is 0.551. The zero-order valence-electron chi connectivity index (χ0n) is 19.0. The molecular weight excluding hydrogens is 424 g/mol. The lowest BCUT2D eigenvalue weighted by molar-refractivity contribution is 0.247. The van der Waals surface area contributed by atoms with E-state index in [1.807, 2.05) is 109 Å². The van der Waals surface area contributed by atoms with Crippen LogP contribution >= 0.6 is 0 Å². The van der Waals surface area contributed by atoms with Crippen LogP contribution in [0.15, 0.2) is 114 Å². The van der Waals surface area contributed by atoms with E-state index in [1.165, 1.54) is 0 Å². The Morgan fingerprint density at radius 3 is 2.00 bits per heavy atom. The molecule has 0 saturated carbocycles. The highest BCUT2D eigenvalue weighted by Crippen LogP contribution is 2.19. The highest BCUT2D eigenvalue weighted by Gasteiger charge is 2.00. The molecule has 0 heterocycles. The molecule has 0 aromatic heterocycles. The van der Waals surface area contributed by atoms with Crippen molar-refractivity contribution < 1.29 is 14.2 Å². The van der Waals surface area contributed by atoms with Gasteiger partial charge in [0.25, 0.3) is 0 Å². The minimum Gasteiger partial charge on any atom is -0.493 e. The van der Waals surface area contributed by atoms with Crippen LogP contribution in [0.5, 0.6) is 17.2 Å².